The van der Waals surface area contributed by atoms with Gasteiger partial charge in [0.15, 0.2) is 17.2 Å². The largest absolute Gasteiger partial charge is 0.477 e. The second-order valence-electron chi connectivity index (χ2n) is 9.49. The van der Waals surface area contributed by atoms with Crippen molar-refractivity contribution in [2.45, 2.75) is 32.1 Å². The number of halogens is 1. The van der Waals surface area contributed by atoms with Crippen LogP contribution in [0.3, 0.4) is 0 Å². The number of imidazole rings is 1. The second-order valence-corrected chi connectivity index (χ2v) is 10.5. The SMILES string of the molecule is O=C(O)c1ccc2nc(Cc3ccc(-c4nccc(OCc5ccc(Cl)cc5P)n4)cc3)n(CC3CCO3)c2n1. The summed E-state index contributed by atoms with van der Waals surface area (Å²) in [6.45, 7) is 1.67. The maximum absolute atomic E-state index is 11.5. The van der Waals surface area contributed by atoms with Crippen molar-refractivity contribution in [1.82, 2.24) is 24.5 Å². The van der Waals surface area contributed by atoms with Crippen LogP contribution in [0.4, 0.5) is 0 Å². The van der Waals surface area contributed by atoms with Gasteiger partial charge < -0.3 is 19.1 Å². The number of hydrogen-bond acceptors (Lipinski definition) is 7. The molecule has 1 aliphatic rings. The predicted octanol–water partition coefficient (Wildman–Crippen LogP) is 4.70. The Morgan fingerprint density at radius 1 is 1.10 bits per heavy atom. The fraction of sp³-hybridized carbons (Fsp3) is 0.207. The summed E-state index contributed by atoms with van der Waals surface area (Å²) in [5.41, 5.74) is 4.11. The summed E-state index contributed by atoms with van der Waals surface area (Å²) in [6.07, 6.45) is 3.25. The summed E-state index contributed by atoms with van der Waals surface area (Å²) < 4.78 is 13.5. The molecule has 40 heavy (non-hydrogen) atoms. The lowest BCUT2D eigenvalue weighted by molar-refractivity contribution is -0.0590. The van der Waals surface area contributed by atoms with Crippen LogP contribution in [0.5, 0.6) is 5.88 Å². The zero-order valence-corrected chi connectivity index (χ0v) is 23.2. The van der Waals surface area contributed by atoms with Crippen LogP contribution in [0.1, 0.15) is 33.9 Å². The minimum absolute atomic E-state index is 0.00696. The molecule has 11 heteroatoms. The molecule has 0 spiro atoms. The predicted molar refractivity (Wildman–Crippen MR) is 154 cm³/mol. The zero-order chi connectivity index (χ0) is 27.6. The van der Waals surface area contributed by atoms with Gasteiger partial charge in [0.1, 0.15) is 17.9 Å². The number of fused-ring (bicyclic) bond motifs is 1. The van der Waals surface area contributed by atoms with Gasteiger partial charge in [-0.1, -0.05) is 41.9 Å². The number of rotatable bonds is 9. The van der Waals surface area contributed by atoms with Crippen LogP contribution in [0.25, 0.3) is 22.6 Å². The first-order valence-electron chi connectivity index (χ1n) is 12.7. The lowest BCUT2D eigenvalue weighted by atomic mass is 10.1. The molecule has 1 saturated heterocycles. The van der Waals surface area contributed by atoms with Crippen LogP contribution in [0.2, 0.25) is 5.02 Å². The van der Waals surface area contributed by atoms with E-state index >= 15 is 0 Å². The molecule has 1 fully saturated rings. The van der Waals surface area contributed by atoms with Gasteiger partial charge in [-0.2, -0.15) is 4.98 Å². The number of aromatic nitrogens is 5. The van der Waals surface area contributed by atoms with Crippen molar-refractivity contribution in [2.75, 3.05) is 6.61 Å². The first kappa shape index (κ1) is 26.3. The number of carboxylic acid groups (broad SMARTS) is 1. The van der Waals surface area contributed by atoms with E-state index in [1.165, 1.54) is 6.07 Å². The fourth-order valence-electron chi connectivity index (χ4n) is 4.49. The Morgan fingerprint density at radius 2 is 1.93 bits per heavy atom. The van der Waals surface area contributed by atoms with Crippen molar-refractivity contribution in [2.24, 2.45) is 0 Å². The number of carboxylic acids is 1. The number of aromatic carboxylic acids is 1. The topological polar surface area (TPSA) is 112 Å². The van der Waals surface area contributed by atoms with Gasteiger partial charge in [0.05, 0.1) is 12.6 Å². The Balaban J connectivity index is 1.20. The minimum Gasteiger partial charge on any atom is -0.477 e. The van der Waals surface area contributed by atoms with Crippen LogP contribution in [0, 0.1) is 0 Å². The second kappa shape index (κ2) is 11.3. The molecule has 0 bridgehead atoms. The monoisotopic (exact) mass is 573 g/mol. The molecule has 0 aliphatic carbocycles. The van der Waals surface area contributed by atoms with Gasteiger partial charge in [0.25, 0.3) is 0 Å². The highest BCUT2D eigenvalue weighted by molar-refractivity contribution is 7.27. The van der Waals surface area contributed by atoms with Gasteiger partial charge in [-0.3, -0.25) is 0 Å². The number of benzene rings is 2. The molecule has 202 valence electrons. The molecule has 0 amide bonds. The van der Waals surface area contributed by atoms with Crippen LogP contribution in [-0.2, 0) is 24.3 Å². The van der Waals surface area contributed by atoms with Crippen molar-refractivity contribution in [3.63, 3.8) is 0 Å². The fourth-order valence-corrected chi connectivity index (χ4v) is 5.14. The van der Waals surface area contributed by atoms with Gasteiger partial charge in [-0.05, 0) is 47.1 Å². The molecular formula is C29H25ClN5O4P. The van der Waals surface area contributed by atoms with Gasteiger partial charge >= 0.3 is 5.97 Å². The van der Waals surface area contributed by atoms with Crippen LogP contribution in [0.15, 0.2) is 66.9 Å². The molecule has 4 heterocycles. The molecular weight excluding hydrogens is 549 g/mol. The van der Waals surface area contributed by atoms with E-state index in [4.69, 9.17) is 26.1 Å². The summed E-state index contributed by atoms with van der Waals surface area (Å²) in [5.74, 6) is 0.776. The van der Waals surface area contributed by atoms with E-state index in [0.29, 0.717) is 47.5 Å². The average Bonchev–Trinajstić information content (AvgIpc) is 3.26. The Bertz CT molecular complexity index is 1710. The lowest BCUT2D eigenvalue weighted by Crippen LogP contribution is -2.32. The Hall–Kier alpha value is -3.91. The number of nitrogens with zero attached hydrogens (tertiary/aromatic N) is 5. The highest BCUT2D eigenvalue weighted by Crippen LogP contribution is 2.24. The molecule has 6 rings (SSSR count). The van der Waals surface area contributed by atoms with Crippen LogP contribution in [-0.4, -0.2) is 48.3 Å². The Kier molecular flexibility index (Phi) is 7.43. The van der Waals surface area contributed by atoms with Crippen molar-refractivity contribution in [3.8, 4) is 17.3 Å². The standard InChI is InChI=1S/C29H25ClN5O4P/c30-20-6-5-19(24(40)14-20)16-39-26-9-11-31-27(34-26)18-3-1-17(2-4-18)13-25-32-22-7-8-23(29(36)37)33-28(22)35(25)15-21-10-12-38-21/h1-9,11,14,21H,10,12-13,15-16,40H2,(H,36,37). The van der Waals surface area contributed by atoms with Crippen molar-refractivity contribution >= 4 is 43.3 Å². The number of ether oxygens (including phenoxy) is 2. The van der Waals surface area contributed by atoms with Crippen molar-refractivity contribution in [1.29, 1.82) is 0 Å². The summed E-state index contributed by atoms with van der Waals surface area (Å²) in [4.78, 5) is 29.6. The minimum atomic E-state index is -1.07. The summed E-state index contributed by atoms with van der Waals surface area (Å²) >= 11 is 6.04. The van der Waals surface area contributed by atoms with E-state index in [9.17, 15) is 9.90 Å². The van der Waals surface area contributed by atoms with Gasteiger partial charge in [-0.25, -0.2) is 19.7 Å². The third-order valence-corrected chi connectivity index (χ3v) is 7.53. The van der Waals surface area contributed by atoms with E-state index in [1.807, 2.05) is 47.0 Å². The van der Waals surface area contributed by atoms with Gasteiger partial charge in [0.2, 0.25) is 5.88 Å². The summed E-state index contributed by atoms with van der Waals surface area (Å²) in [5, 5.41) is 11.1. The molecule has 2 unspecified atom stereocenters. The number of carbonyl (C=O) groups is 1. The molecule has 0 saturated carbocycles. The summed E-state index contributed by atoms with van der Waals surface area (Å²) in [7, 11) is 2.67. The first-order valence-corrected chi connectivity index (χ1v) is 13.7. The third-order valence-electron chi connectivity index (χ3n) is 6.76. The van der Waals surface area contributed by atoms with E-state index in [0.717, 1.165) is 40.8 Å². The molecule has 5 aromatic rings. The maximum Gasteiger partial charge on any atom is 0.354 e. The van der Waals surface area contributed by atoms with Crippen molar-refractivity contribution in [3.05, 3.63) is 94.5 Å². The van der Waals surface area contributed by atoms with E-state index in [-0.39, 0.29) is 11.8 Å². The lowest BCUT2D eigenvalue weighted by Gasteiger charge is -2.27. The van der Waals surface area contributed by atoms with E-state index in [1.54, 1.807) is 18.3 Å². The average molecular weight is 574 g/mol. The molecule has 2 atom stereocenters. The smallest absolute Gasteiger partial charge is 0.354 e. The van der Waals surface area contributed by atoms with Crippen LogP contribution < -0.4 is 10.0 Å². The first-order chi connectivity index (χ1) is 19.4. The highest BCUT2D eigenvalue weighted by Gasteiger charge is 2.23. The molecule has 1 aliphatic heterocycles. The zero-order valence-electron chi connectivity index (χ0n) is 21.3. The van der Waals surface area contributed by atoms with Crippen molar-refractivity contribution < 1.29 is 19.4 Å². The Labute approximate surface area is 237 Å². The number of pyridine rings is 1. The normalized spacial score (nSPS) is 14.7. The van der Waals surface area contributed by atoms with E-state index < -0.39 is 5.97 Å². The number of hydrogen-bond donors (Lipinski definition) is 1. The third kappa shape index (κ3) is 5.68. The molecule has 9 nitrogen and oxygen atoms in total. The molecule has 2 aromatic carbocycles. The quantitative estimate of drug-likeness (QED) is 0.253. The Morgan fingerprint density at radius 3 is 2.65 bits per heavy atom. The molecule has 3 aromatic heterocycles. The highest BCUT2D eigenvalue weighted by atomic mass is 35.5. The molecule has 0 radical (unpaired) electrons. The van der Waals surface area contributed by atoms with Gasteiger partial charge in [0, 0.05) is 35.9 Å². The molecule has 1 N–H and O–H groups in total. The summed E-state index contributed by atoms with van der Waals surface area (Å²) in [6, 6.07) is 18.5. The van der Waals surface area contributed by atoms with Gasteiger partial charge in [-0.15, -0.1) is 9.24 Å². The maximum atomic E-state index is 11.5. The van der Waals surface area contributed by atoms with E-state index in [2.05, 4.69) is 24.2 Å². The van der Waals surface area contributed by atoms with Crippen LogP contribution >= 0.6 is 20.8 Å².